The van der Waals surface area contributed by atoms with Gasteiger partial charge in [-0.25, -0.2) is 0 Å². The molecule has 0 unspecified atom stereocenters. The predicted molar refractivity (Wildman–Crippen MR) is 56.2 cm³/mol. The summed E-state index contributed by atoms with van der Waals surface area (Å²) in [4.78, 5) is 11.9. The molecule has 0 aromatic carbocycles. The first-order valence-corrected chi connectivity index (χ1v) is 5.36. The molecule has 1 heterocycles. The molecule has 1 aromatic heterocycles. The summed E-state index contributed by atoms with van der Waals surface area (Å²) < 4.78 is 6.58. The first-order chi connectivity index (χ1) is 7.24. The van der Waals surface area contributed by atoms with Crippen molar-refractivity contribution in [1.82, 2.24) is 9.78 Å². The zero-order chi connectivity index (χ0) is 10.8. The number of Topliss-reactive ketones (excluding diaryl/α,β-unsaturated/α-hetero) is 1. The first kappa shape index (κ1) is 10.6. The van der Waals surface area contributed by atoms with E-state index < -0.39 is 0 Å². The Balaban J connectivity index is 2.18. The van der Waals surface area contributed by atoms with Crippen LogP contribution in [-0.2, 0) is 11.3 Å². The van der Waals surface area contributed by atoms with E-state index in [1.807, 2.05) is 0 Å². The van der Waals surface area contributed by atoms with Crippen molar-refractivity contribution in [3.8, 4) is 0 Å². The van der Waals surface area contributed by atoms with Crippen LogP contribution in [0.15, 0.2) is 6.20 Å². The summed E-state index contributed by atoms with van der Waals surface area (Å²) in [6.45, 7) is 1.10. The quantitative estimate of drug-likeness (QED) is 0.722. The van der Waals surface area contributed by atoms with Crippen LogP contribution < -0.4 is 0 Å². The Morgan fingerprint density at radius 1 is 1.73 bits per heavy atom. The van der Waals surface area contributed by atoms with Crippen molar-refractivity contribution in [1.29, 1.82) is 0 Å². The van der Waals surface area contributed by atoms with E-state index in [1.165, 1.54) is 6.20 Å². The minimum absolute atomic E-state index is 0.119. The van der Waals surface area contributed by atoms with Crippen LogP contribution in [-0.4, -0.2) is 29.3 Å². The Bertz CT molecular complexity index is 371. The summed E-state index contributed by atoms with van der Waals surface area (Å²) in [5, 5.41) is 4.52. The average molecular weight is 229 g/mol. The third kappa shape index (κ3) is 2.21. The molecule has 4 nitrogen and oxygen atoms in total. The Kier molecular flexibility index (Phi) is 3.07. The summed E-state index contributed by atoms with van der Waals surface area (Å²) in [6.07, 6.45) is 3.47. The molecule has 1 aromatic rings. The van der Waals surface area contributed by atoms with Crippen molar-refractivity contribution in [2.24, 2.45) is 5.92 Å². The van der Waals surface area contributed by atoms with Crippen LogP contribution in [0.5, 0.6) is 0 Å². The van der Waals surface area contributed by atoms with E-state index in [4.69, 9.17) is 16.3 Å². The molecular weight excluding hydrogens is 216 g/mol. The SMILES string of the molecule is COCCn1ncc(Cl)c1C(=O)C1CC1. The Morgan fingerprint density at radius 2 is 2.47 bits per heavy atom. The maximum Gasteiger partial charge on any atom is 0.185 e. The lowest BCUT2D eigenvalue weighted by Gasteiger charge is -2.05. The maximum absolute atomic E-state index is 11.9. The average Bonchev–Trinajstić information content (AvgIpc) is 3.00. The number of aromatic nitrogens is 2. The van der Waals surface area contributed by atoms with Gasteiger partial charge in [0.25, 0.3) is 0 Å². The lowest BCUT2D eigenvalue weighted by Crippen LogP contribution is -2.15. The summed E-state index contributed by atoms with van der Waals surface area (Å²) in [5.74, 6) is 0.286. The topological polar surface area (TPSA) is 44.1 Å². The van der Waals surface area contributed by atoms with Crippen molar-refractivity contribution < 1.29 is 9.53 Å². The van der Waals surface area contributed by atoms with Crippen LogP contribution in [0.4, 0.5) is 0 Å². The highest BCUT2D eigenvalue weighted by molar-refractivity contribution is 6.33. The molecule has 1 aliphatic carbocycles. The molecule has 1 fully saturated rings. The van der Waals surface area contributed by atoms with Gasteiger partial charge in [-0.05, 0) is 12.8 Å². The normalized spacial score (nSPS) is 15.6. The van der Waals surface area contributed by atoms with Gasteiger partial charge in [-0.3, -0.25) is 9.48 Å². The molecule has 1 aliphatic rings. The number of ketones is 1. The van der Waals surface area contributed by atoms with E-state index in [0.717, 1.165) is 12.8 Å². The van der Waals surface area contributed by atoms with Crippen LogP contribution >= 0.6 is 11.6 Å². The molecule has 82 valence electrons. The van der Waals surface area contributed by atoms with E-state index in [2.05, 4.69) is 5.10 Å². The number of halogens is 1. The second kappa shape index (κ2) is 4.33. The highest BCUT2D eigenvalue weighted by atomic mass is 35.5. The third-order valence-corrected chi connectivity index (χ3v) is 2.76. The Labute approximate surface area is 93.2 Å². The molecule has 0 spiro atoms. The second-order valence-electron chi connectivity index (χ2n) is 3.70. The van der Waals surface area contributed by atoms with Gasteiger partial charge in [-0.2, -0.15) is 5.10 Å². The summed E-state index contributed by atoms with van der Waals surface area (Å²) >= 11 is 5.95. The summed E-state index contributed by atoms with van der Waals surface area (Å²) in [5.41, 5.74) is 0.538. The van der Waals surface area contributed by atoms with Crippen molar-refractivity contribution in [2.75, 3.05) is 13.7 Å². The smallest absolute Gasteiger partial charge is 0.185 e. The van der Waals surface area contributed by atoms with Gasteiger partial charge in [0.15, 0.2) is 5.78 Å². The molecule has 0 N–H and O–H groups in total. The lowest BCUT2D eigenvalue weighted by atomic mass is 10.2. The molecule has 0 atom stereocenters. The van der Waals surface area contributed by atoms with Gasteiger partial charge in [0.1, 0.15) is 5.69 Å². The van der Waals surface area contributed by atoms with Gasteiger partial charge in [-0.1, -0.05) is 11.6 Å². The van der Waals surface area contributed by atoms with Gasteiger partial charge < -0.3 is 4.74 Å². The van der Waals surface area contributed by atoms with Gasteiger partial charge >= 0.3 is 0 Å². The van der Waals surface area contributed by atoms with Crippen LogP contribution in [0.25, 0.3) is 0 Å². The molecule has 1 saturated carbocycles. The molecule has 0 aliphatic heterocycles. The van der Waals surface area contributed by atoms with Crippen molar-refractivity contribution >= 4 is 17.4 Å². The van der Waals surface area contributed by atoms with E-state index >= 15 is 0 Å². The molecule has 0 saturated heterocycles. The van der Waals surface area contributed by atoms with Gasteiger partial charge in [0.2, 0.25) is 0 Å². The van der Waals surface area contributed by atoms with Crippen molar-refractivity contribution in [3.05, 3.63) is 16.9 Å². The molecule has 0 radical (unpaired) electrons. The third-order valence-electron chi connectivity index (χ3n) is 2.48. The molecule has 5 heteroatoms. The van der Waals surface area contributed by atoms with E-state index in [9.17, 15) is 4.79 Å². The van der Waals surface area contributed by atoms with Crippen LogP contribution in [0.2, 0.25) is 5.02 Å². The standard InChI is InChI=1S/C10H13ClN2O2/c1-15-5-4-13-9(8(11)6-12-13)10(14)7-2-3-7/h6-7H,2-5H2,1H3. The minimum Gasteiger partial charge on any atom is -0.383 e. The highest BCUT2D eigenvalue weighted by Crippen LogP contribution is 2.34. The van der Waals surface area contributed by atoms with Crippen LogP contribution in [0.1, 0.15) is 23.3 Å². The van der Waals surface area contributed by atoms with Gasteiger partial charge in [0.05, 0.1) is 24.4 Å². The van der Waals surface area contributed by atoms with Crippen molar-refractivity contribution in [3.63, 3.8) is 0 Å². The fourth-order valence-electron chi connectivity index (χ4n) is 1.49. The number of carbonyl (C=O) groups excluding carboxylic acids is 1. The van der Waals surface area contributed by atoms with Gasteiger partial charge in [-0.15, -0.1) is 0 Å². The second-order valence-corrected chi connectivity index (χ2v) is 4.10. The Hall–Kier alpha value is -0.870. The number of ether oxygens (including phenoxy) is 1. The molecular formula is C10H13ClN2O2. The lowest BCUT2D eigenvalue weighted by molar-refractivity contribution is 0.0953. The molecule has 2 rings (SSSR count). The summed E-state index contributed by atoms with van der Waals surface area (Å²) in [7, 11) is 1.62. The monoisotopic (exact) mass is 228 g/mol. The zero-order valence-corrected chi connectivity index (χ0v) is 9.33. The van der Waals surface area contributed by atoms with Gasteiger partial charge in [0, 0.05) is 13.0 Å². The van der Waals surface area contributed by atoms with Crippen LogP contribution in [0, 0.1) is 5.92 Å². The fourth-order valence-corrected chi connectivity index (χ4v) is 1.73. The summed E-state index contributed by atoms with van der Waals surface area (Å²) in [6, 6.07) is 0. The van der Waals surface area contributed by atoms with E-state index in [0.29, 0.717) is 23.9 Å². The zero-order valence-electron chi connectivity index (χ0n) is 8.57. The highest BCUT2D eigenvalue weighted by Gasteiger charge is 2.33. The van der Waals surface area contributed by atoms with Crippen molar-refractivity contribution in [2.45, 2.75) is 19.4 Å². The number of rotatable bonds is 5. The minimum atomic E-state index is 0.119. The fraction of sp³-hybridized carbons (Fsp3) is 0.600. The molecule has 0 bridgehead atoms. The number of methoxy groups -OCH3 is 1. The first-order valence-electron chi connectivity index (χ1n) is 4.98. The maximum atomic E-state index is 11.9. The largest absolute Gasteiger partial charge is 0.383 e. The molecule has 0 amide bonds. The van der Waals surface area contributed by atoms with Crippen LogP contribution in [0.3, 0.4) is 0 Å². The predicted octanol–water partition coefficient (Wildman–Crippen LogP) is 1.78. The number of nitrogens with zero attached hydrogens (tertiary/aromatic N) is 2. The number of carbonyl (C=O) groups is 1. The number of hydrogen-bond donors (Lipinski definition) is 0. The number of hydrogen-bond acceptors (Lipinski definition) is 3. The molecule has 15 heavy (non-hydrogen) atoms. The Morgan fingerprint density at radius 3 is 3.07 bits per heavy atom. The van der Waals surface area contributed by atoms with E-state index in [1.54, 1.807) is 11.8 Å². The van der Waals surface area contributed by atoms with E-state index in [-0.39, 0.29) is 11.7 Å².